The van der Waals surface area contributed by atoms with Crippen LogP contribution in [0.15, 0.2) is 83.0 Å². The minimum Gasteiger partial charge on any atom is -0.493 e. The van der Waals surface area contributed by atoms with E-state index in [0.29, 0.717) is 34.0 Å². The van der Waals surface area contributed by atoms with Crippen LogP contribution in [0.1, 0.15) is 20.7 Å². The second-order valence-electron chi connectivity index (χ2n) is 5.98. The molecule has 0 unspecified atom stereocenters. The van der Waals surface area contributed by atoms with E-state index < -0.39 is 11.9 Å². The molecule has 8 heteroatoms. The lowest BCUT2D eigenvalue weighted by Crippen LogP contribution is -2.10. The van der Waals surface area contributed by atoms with E-state index in [1.54, 1.807) is 60.7 Å². The molecule has 0 aliphatic carbocycles. The lowest BCUT2D eigenvalue weighted by molar-refractivity contribution is 0.0596. The molecular formula is C22H19N3O5. The molecule has 0 radical (unpaired) electrons. The topological polar surface area (TPSA) is 98.6 Å². The van der Waals surface area contributed by atoms with Crippen molar-refractivity contribution in [1.29, 1.82) is 0 Å². The predicted molar refractivity (Wildman–Crippen MR) is 110 cm³/mol. The van der Waals surface area contributed by atoms with Crippen LogP contribution in [-0.4, -0.2) is 26.1 Å². The van der Waals surface area contributed by atoms with Crippen LogP contribution < -0.4 is 15.0 Å². The van der Waals surface area contributed by atoms with Crippen molar-refractivity contribution in [1.82, 2.24) is 0 Å². The normalized spacial score (nSPS) is 10.5. The Kier molecular flexibility index (Phi) is 6.73. The number of benzene rings is 3. The Morgan fingerprint density at radius 3 is 2.17 bits per heavy atom. The first-order chi connectivity index (χ1) is 14.6. The van der Waals surface area contributed by atoms with E-state index in [1.807, 2.05) is 6.07 Å². The smallest absolute Gasteiger partial charge is 0.362 e. The SMILES string of the molecule is COc1ccc(C(=O)N=Nc2ccc(NOC(=O)c3ccccc3)cc2)cc1OC. The molecule has 0 atom stereocenters. The minimum atomic E-state index is -0.519. The van der Waals surface area contributed by atoms with Gasteiger partial charge in [0.25, 0.3) is 5.91 Å². The molecule has 1 N–H and O–H groups in total. The lowest BCUT2D eigenvalue weighted by Gasteiger charge is -2.07. The van der Waals surface area contributed by atoms with Gasteiger partial charge in [-0.15, -0.1) is 10.2 Å². The van der Waals surface area contributed by atoms with Crippen LogP contribution in [0.2, 0.25) is 0 Å². The molecule has 152 valence electrons. The summed E-state index contributed by atoms with van der Waals surface area (Å²) in [7, 11) is 3.00. The minimum absolute atomic E-state index is 0.322. The lowest BCUT2D eigenvalue weighted by atomic mass is 10.2. The molecule has 0 fully saturated rings. The first-order valence-corrected chi connectivity index (χ1v) is 8.91. The molecule has 0 spiro atoms. The Labute approximate surface area is 173 Å². The van der Waals surface area contributed by atoms with E-state index in [9.17, 15) is 9.59 Å². The Hall–Kier alpha value is -4.20. The summed E-state index contributed by atoms with van der Waals surface area (Å²) < 4.78 is 10.3. The standard InChI is InChI=1S/C22H19N3O5/c1-28-19-13-8-16(14-20(19)29-2)21(26)24-23-17-9-11-18(12-10-17)25-30-22(27)15-6-4-3-5-7-15/h3-14,25H,1-2H3. The van der Waals surface area contributed by atoms with Crippen molar-refractivity contribution >= 4 is 23.3 Å². The molecule has 0 aromatic heterocycles. The second kappa shape index (κ2) is 9.83. The number of hydrogen-bond acceptors (Lipinski definition) is 7. The van der Waals surface area contributed by atoms with E-state index >= 15 is 0 Å². The number of hydrogen-bond donors (Lipinski definition) is 1. The summed E-state index contributed by atoms with van der Waals surface area (Å²) in [4.78, 5) is 29.2. The zero-order chi connectivity index (χ0) is 21.3. The van der Waals surface area contributed by atoms with Crippen LogP contribution in [0, 0.1) is 0 Å². The number of anilines is 1. The van der Waals surface area contributed by atoms with Gasteiger partial charge in [0, 0.05) is 5.56 Å². The van der Waals surface area contributed by atoms with Crippen LogP contribution in [0.5, 0.6) is 11.5 Å². The Bertz CT molecular complexity index is 1050. The van der Waals surface area contributed by atoms with E-state index in [4.69, 9.17) is 14.3 Å². The van der Waals surface area contributed by atoms with Crippen molar-refractivity contribution < 1.29 is 23.9 Å². The molecule has 0 saturated carbocycles. The summed E-state index contributed by atoms with van der Waals surface area (Å²) in [6.45, 7) is 0. The number of nitrogens with one attached hydrogen (secondary N) is 1. The maximum atomic E-state index is 12.2. The van der Waals surface area contributed by atoms with E-state index in [0.717, 1.165) is 0 Å². The largest absolute Gasteiger partial charge is 0.493 e. The molecule has 3 aromatic rings. The third-order valence-corrected chi connectivity index (χ3v) is 4.03. The molecular weight excluding hydrogens is 386 g/mol. The highest BCUT2D eigenvalue weighted by molar-refractivity contribution is 5.95. The highest BCUT2D eigenvalue weighted by Crippen LogP contribution is 2.28. The average Bonchev–Trinajstić information content (AvgIpc) is 2.81. The van der Waals surface area contributed by atoms with Crippen molar-refractivity contribution in [3.8, 4) is 11.5 Å². The summed E-state index contributed by atoms with van der Waals surface area (Å²) in [5.74, 6) is -0.0732. The summed E-state index contributed by atoms with van der Waals surface area (Å²) in [5, 5.41) is 7.66. The fourth-order valence-corrected chi connectivity index (χ4v) is 2.46. The first kappa shape index (κ1) is 20.5. The average molecular weight is 405 g/mol. The summed E-state index contributed by atoms with van der Waals surface area (Å²) in [6.07, 6.45) is 0. The predicted octanol–water partition coefficient (Wildman–Crippen LogP) is 4.81. The van der Waals surface area contributed by atoms with Gasteiger partial charge in [-0.3, -0.25) is 4.79 Å². The van der Waals surface area contributed by atoms with E-state index in [-0.39, 0.29) is 0 Å². The third kappa shape index (κ3) is 5.20. The Morgan fingerprint density at radius 1 is 0.800 bits per heavy atom. The maximum Gasteiger partial charge on any atom is 0.362 e. The zero-order valence-electron chi connectivity index (χ0n) is 16.4. The van der Waals surface area contributed by atoms with Gasteiger partial charge in [-0.1, -0.05) is 18.2 Å². The fraction of sp³-hybridized carbons (Fsp3) is 0.0909. The van der Waals surface area contributed by atoms with Crippen LogP contribution in [-0.2, 0) is 4.84 Å². The summed E-state index contributed by atoms with van der Waals surface area (Å²) in [5.41, 5.74) is 4.33. The molecule has 3 rings (SSSR count). The van der Waals surface area contributed by atoms with Gasteiger partial charge in [0.15, 0.2) is 11.5 Å². The number of rotatable bonds is 7. The van der Waals surface area contributed by atoms with Gasteiger partial charge in [0.05, 0.1) is 31.2 Å². The Balaban J connectivity index is 1.59. The quantitative estimate of drug-likeness (QED) is 0.447. The molecule has 8 nitrogen and oxygen atoms in total. The van der Waals surface area contributed by atoms with Crippen LogP contribution in [0.4, 0.5) is 11.4 Å². The van der Waals surface area contributed by atoms with Gasteiger partial charge >= 0.3 is 5.97 Å². The zero-order valence-corrected chi connectivity index (χ0v) is 16.4. The van der Waals surface area contributed by atoms with Crippen molar-refractivity contribution in [3.05, 3.63) is 83.9 Å². The van der Waals surface area contributed by atoms with E-state index in [2.05, 4.69) is 15.7 Å². The van der Waals surface area contributed by atoms with Gasteiger partial charge in [0.2, 0.25) is 0 Å². The number of azo groups is 1. The highest BCUT2D eigenvalue weighted by atomic mass is 16.7. The monoisotopic (exact) mass is 405 g/mol. The van der Waals surface area contributed by atoms with Gasteiger partial charge in [0.1, 0.15) is 0 Å². The first-order valence-electron chi connectivity index (χ1n) is 8.91. The molecule has 0 heterocycles. The molecule has 0 saturated heterocycles. The highest BCUT2D eigenvalue weighted by Gasteiger charge is 2.10. The van der Waals surface area contributed by atoms with Gasteiger partial charge in [-0.05, 0) is 54.6 Å². The molecule has 1 amide bonds. The number of nitrogens with zero attached hydrogens (tertiary/aromatic N) is 2. The fourth-order valence-electron chi connectivity index (χ4n) is 2.46. The van der Waals surface area contributed by atoms with Gasteiger partial charge in [-0.25, -0.2) is 10.3 Å². The maximum absolute atomic E-state index is 12.2. The molecule has 3 aromatic carbocycles. The van der Waals surface area contributed by atoms with Gasteiger partial charge in [-0.2, -0.15) is 0 Å². The van der Waals surface area contributed by atoms with Crippen LogP contribution in [0.3, 0.4) is 0 Å². The molecule has 0 aliphatic heterocycles. The second-order valence-corrected chi connectivity index (χ2v) is 5.98. The number of carbonyl (C=O) groups excluding carboxylic acids is 2. The third-order valence-electron chi connectivity index (χ3n) is 4.03. The van der Waals surface area contributed by atoms with Crippen molar-refractivity contribution in [2.24, 2.45) is 10.2 Å². The van der Waals surface area contributed by atoms with Crippen LogP contribution >= 0.6 is 0 Å². The van der Waals surface area contributed by atoms with Crippen molar-refractivity contribution in [3.63, 3.8) is 0 Å². The summed E-state index contributed by atoms with van der Waals surface area (Å²) >= 11 is 0. The molecule has 0 bridgehead atoms. The van der Waals surface area contributed by atoms with E-state index in [1.165, 1.54) is 20.3 Å². The summed E-state index contributed by atoms with van der Waals surface area (Å²) in [6, 6.07) is 19.9. The number of methoxy groups -OCH3 is 2. The number of carbonyl (C=O) groups is 2. The number of ether oxygens (including phenoxy) is 2. The van der Waals surface area contributed by atoms with Crippen molar-refractivity contribution in [2.75, 3.05) is 19.7 Å². The number of amides is 1. The van der Waals surface area contributed by atoms with Crippen molar-refractivity contribution in [2.45, 2.75) is 0 Å². The van der Waals surface area contributed by atoms with Crippen LogP contribution in [0.25, 0.3) is 0 Å². The molecule has 30 heavy (non-hydrogen) atoms. The van der Waals surface area contributed by atoms with Gasteiger partial charge < -0.3 is 14.3 Å². The Morgan fingerprint density at radius 2 is 1.50 bits per heavy atom. The molecule has 0 aliphatic rings.